The summed E-state index contributed by atoms with van der Waals surface area (Å²) in [5.41, 5.74) is -0.789. The van der Waals surface area contributed by atoms with Crippen LogP contribution in [0.2, 0.25) is 0 Å². The van der Waals surface area contributed by atoms with Gasteiger partial charge in [0, 0.05) is 25.1 Å². The number of hydrogen-bond acceptors (Lipinski definition) is 4. The molecule has 0 N–H and O–H groups in total. The van der Waals surface area contributed by atoms with Crippen LogP contribution in [0.4, 0.5) is 5.69 Å². The molecule has 0 spiro atoms. The van der Waals surface area contributed by atoms with E-state index in [2.05, 4.69) is 0 Å². The lowest BCUT2D eigenvalue weighted by atomic mass is 9.80. The number of hydrogen-bond donors (Lipinski definition) is 0. The van der Waals surface area contributed by atoms with Crippen molar-refractivity contribution in [3.8, 4) is 0 Å². The van der Waals surface area contributed by atoms with E-state index in [1.165, 1.54) is 11.8 Å². The normalized spacial score (nSPS) is 20.2. The molecule has 0 radical (unpaired) electrons. The molecule has 0 fully saturated rings. The van der Waals surface area contributed by atoms with Gasteiger partial charge in [0.15, 0.2) is 0 Å². The highest BCUT2D eigenvalue weighted by atomic mass is 16.6. The molecule has 0 saturated heterocycles. The van der Waals surface area contributed by atoms with Crippen molar-refractivity contribution in [2.75, 3.05) is 11.9 Å². The number of para-hydroxylation sites is 1. The van der Waals surface area contributed by atoms with Crippen LogP contribution in [0.5, 0.6) is 0 Å². The second-order valence-electron chi connectivity index (χ2n) is 5.35. The largest absolute Gasteiger partial charge is 0.435 e. The third-order valence-electron chi connectivity index (χ3n) is 3.91. The van der Waals surface area contributed by atoms with Crippen LogP contribution < -0.4 is 4.90 Å². The molecule has 1 amide bonds. The van der Waals surface area contributed by atoms with Gasteiger partial charge in [0.1, 0.15) is 0 Å². The maximum atomic E-state index is 13.1. The average Bonchev–Trinajstić information content (AvgIpc) is 2.57. The van der Waals surface area contributed by atoms with Crippen LogP contribution in [-0.2, 0) is 19.9 Å². The Kier molecular flexibility index (Phi) is 3.48. The zero-order valence-electron chi connectivity index (χ0n) is 12.8. The monoisotopic (exact) mass is 309 g/mol. The van der Waals surface area contributed by atoms with Crippen molar-refractivity contribution in [3.63, 3.8) is 0 Å². The summed E-state index contributed by atoms with van der Waals surface area (Å²) in [6, 6.07) is 15.2. The van der Waals surface area contributed by atoms with Gasteiger partial charge in [-0.15, -0.1) is 0 Å². The number of benzene rings is 2. The van der Waals surface area contributed by atoms with Gasteiger partial charge in [-0.1, -0.05) is 42.5 Å². The zero-order chi connectivity index (χ0) is 16.6. The van der Waals surface area contributed by atoms with E-state index in [0.29, 0.717) is 16.8 Å². The first-order valence-electron chi connectivity index (χ1n) is 7.15. The highest BCUT2D eigenvalue weighted by Gasteiger charge is 2.56. The van der Waals surface area contributed by atoms with Crippen LogP contribution in [0.15, 0.2) is 54.6 Å². The van der Waals surface area contributed by atoms with E-state index < -0.39 is 23.3 Å². The second-order valence-corrected chi connectivity index (χ2v) is 5.35. The fourth-order valence-corrected chi connectivity index (χ4v) is 2.88. The Bertz CT molecular complexity index is 800. The summed E-state index contributed by atoms with van der Waals surface area (Å²) in [6.45, 7) is 1.19. The summed E-state index contributed by atoms with van der Waals surface area (Å²) in [7, 11) is 1.56. The predicted molar refractivity (Wildman–Crippen MR) is 84.1 cm³/mol. The molecule has 5 nitrogen and oxygen atoms in total. The second kappa shape index (κ2) is 5.35. The van der Waals surface area contributed by atoms with Gasteiger partial charge in [0.2, 0.25) is 5.78 Å². The lowest BCUT2D eigenvalue weighted by Gasteiger charge is -2.39. The standard InChI is InChI=1S/C18H15NO4/c1-12(20)23-18(13-8-4-3-5-9-13)16(21)14-10-6-7-11-15(14)19(2)17(18)22/h3-11H,1-2H3. The molecule has 1 aliphatic rings. The minimum Gasteiger partial charge on any atom is -0.435 e. The molecule has 116 valence electrons. The van der Waals surface area contributed by atoms with E-state index >= 15 is 0 Å². The summed E-state index contributed by atoms with van der Waals surface area (Å²) < 4.78 is 5.34. The quantitative estimate of drug-likeness (QED) is 0.631. The molecule has 5 heteroatoms. The fourth-order valence-electron chi connectivity index (χ4n) is 2.88. The van der Waals surface area contributed by atoms with Crippen LogP contribution in [0.3, 0.4) is 0 Å². The predicted octanol–water partition coefficient (Wildman–Crippen LogP) is 2.30. The number of nitrogens with zero attached hydrogens (tertiary/aromatic N) is 1. The third-order valence-corrected chi connectivity index (χ3v) is 3.91. The summed E-state index contributed by atoms with van der Waals surface area (Å²) >= 11 is 0. The first-order chi connectivity index (χ1) is 11.0. The number of likely N-dealkylation sites (N-methyl/N-ethyl adjacent to an activating group) is 1. The molecule has 1 unspecified atom stereocenters. The Morgan fingerprint density at radius 1 is 1.00 bits per heavy atom. The number of rotatable bonds is 2. The van der Waals surface area contributed by atoms with E-state index in [-0.39, 0.29) is 0 Å². The van der Waals surface area contributed by atoms with E-state index in [1.54, 1.807) is 61.6 Å². The first-order valence-corrected chi connectivity index (χ1v) is 7.15. The van der Waals surface area contributed by atoms with Crippen LogP contribution in [0.1, 0.15) is 22.8 Å². The maximum Gasteiger partial charge on any atom is 0.304 e. The Hall–Kier alpha value is -2.95. The molecule has 3 rings (SSSR count). The number of ketones is 1. The van der Waals surface area contributed by atoms with Gasteiger partial charge < -0.3 is 9.64 Å². The molecule has 2 aromatic carbocycles. The minimum atomic E-state index is -1.98. The summed E-state index contributed by atoms with van der Waals surface area (Å²) in [4.78, 5) is 39.1. The number of esters is 1. The lowest BCUT2D eigenvalue weighted by molar-refractivity contribution is -0.161. The first kappa shape index (κ1) is 15.0. The number of fused-ring (bicyclic) bond motifs is 1. The Morgan fingerprint density at radius 3 is 2.26 bits per heavy atom. The number of anilines is 1. The smallest absolute Gasteiger partial charge is 0.304 e. The molecule has 1 atom stereocenters. The molecule has 0 aromatic heterocycles. The van der Waals surface area contributed by atoms with Crippen molar-refractivity contribution in [3.05, 3.63) is 65.7 Å². The topological polar surface area (TPSA) is 63.7 Å². The van der Waals surface area contributed by atoms with Gasteiger partial charge in [0.05, 0.1) is 5.69 Å². The molecule has 0 bridgehead atoms. The van der Waals surface area contributed by atoms with Crippen molar-refractivity contribution in [1.29, 1.82) is 0 Å². The molecule has 23 heavy (non-hydrogen) atoms. The number of Topliss-reactive ketones (excluding diaryl/α,β-unsaturated/α-hetero) is 1. The summed E-state index contributed by atoms with van der Waals surface area (Å²) in [5.74, 6) is -1.80. The molecule has 0 aliphatic carbocycles. The summed E-state index contributed by atoms with van der Waals surface area (Å²) in [6.07, 6.45) is 0. The van der Waals surface area contributed by atoms with E-state index in [4.69, 9.17) is 4.74 Å². The van der Waals surface area contributed by atoms with Gasteiger partial charge in [-0.05, 0) is 12.1 Å². The van der Waals surface area contributed by atoms with E-state index in [9.17, 15) is 14.4 Å². The van der Waals surface area contributed by atoms with Crippen LogP contribution in [0, 0.1) is 0 Å². The highest BCUT2D eigenvalue weighted by molar-refractivity contribution is 6.27. The maximum absolute atomic E-state index is 13.1. The molecule has 1 heterocycles. The van der Waals surface area contributed by atoms with Crippen molar-refractivity contribution < 1.29 is 19.1 Å². The Morgan fingerprint density at radius 2 is 1.61 bits per heavy atom. The highest BCUT2D eigenvalue weighted by Crippen LogP contribution is 2.40. The molecule has 2 aromatic rings. The van der Waals surface area contributed by atoms with Gasteiger partial charge in [-0.25, -0.2) is 0 Å². The van der Waals surface area contributed by atoms with Crippen molar-refractivity contribution in [2.45, 2.75) is 12.5 Å². The Balaban J connectivity index is 2.30. The van der Waals surface area contributed by atoms with E-state index in [0.717, 1.165) is 0 Å². The number of carbonyl (C=O) groups excluding carboxylic acids is 3. The zero-order valence-corrected chi connectivity index (χ0v) is 12.8. The van der Waals surface area contributed by atoms with Crippen LogP contribution in [0.25, 0.3) is 0 Å². The van der Waals surface area contributed by atoms with Crippen molar-refractivity contribution >= 4 is 23.3 Å². The van der Waals surface area contributed by atoms with E-state index in [1.807, 2.05) is 0 Å². The van der Waals surface area contributed by atoms with Crippen molar-refractivity contribution in [1.82, 2.24) is 0 Å². The molecule has 0 saturated carbocycles. The number of carbonyl (C=O) groups is 3. The third kappa shape index (κ3) is 2.12. The van der Waals surface area contributed by atoms with Gasteiger partial charge in [0.25, 0.3) is 11.5 Å². The van der Waals surface area contributed by atoms with Gasteiger partial charge in [-0.3, -0.25) is 14.4 Å². The SMILES string of the molecule is CC(=O)OC1(c2ccccc2)C(=O)c2ccccc2N(C)C1=O. The Labute approximate surface area is 133 Å². The molecular formula is C18H15NO4. The molecule has 1 aliphatic heterocycles. The van der Waals surface area contributed by atoms with Gasteiger partial charge in [-0.2, -0.15) is 0 Å². The van der Waals surface area contributed by atoms with Gasteiger partial charge >= 0.3 is 5.97 Å². The number of ether oxygens (including phenoxy) is 1. The lowest BCUT2D eigenvalue weighted by Crippen LogP contribution is -2.57. The number of amides is 1. The molecular weight excluding hydrogens is 294 g/mol. The van der Waals surface area contributed by atoms with Crippen LogP contribution in [-0.4, -0.2) is 24.7 Å². The van der Waals surface area contributed by atoms with Crippen molar-refractivity contribution in [2.24, 2.45) is 0 Å². The van der Waals surface area contributed by atoms with Crippen LogP contribution >= 0.6 is 0 Å². The fraction of sp³-hybridized carbons (Fsp3) is 0.167. The summed E-state index contributed by atoms with van der Waals surface area (Å²) in [5, 5.41) is 0. The average molecular weight is 309 g/mol. The minimum absolute atomic E-state index is 0.339.